The Labute approximate surface area is 175 Å². The van der Waals surface area contributed by atoms with E-state index in [-0.39, 0.29) is 0 Å². The van der Waals surface area contributed by atoms with Gasteiger partial charge in [0, 0.05) is 12.2 Å². The van der Waals surface area contributed by atoms with Gasteiger partial charge in [0.1, 0.15) is 17.0 Å². The molecular formula is C24H26N4S. The van der Waals surface area contributed by atoms with E-state index in [1.54, 1.807) is 17.7 Å². The molecule has 0 amide bonds. The van der Waals surface area contributed by atoms with Crippen LogP contribution in [0.25, 0.3) is 20.4 Å². The fraction of sp³-hybridized carbons (Fsp3) is 0.375. The lowest BCUT2D eigenvalue weighted by Gasteiger charge is -2.19. The number of nitrogens with zero attached hydrogens (tertiary/aromatic N) is 3. The van der Waals surface area contributed by atoms with Gasteiger partial charge in [-0.05, 0) is 55.2 Å². The molecule has 3 heterocycles. The van der Waals surface area contributed by atoms with Crippen molar-refractivity contribution in [3.05, 3.63) is 59.0 Å². The quantitative estimate of drug-likeness (QED) is 0.425. The maximum absolute atomic E-state index is 5.22. The normalized spacial score (nSPS) is 13.7. The highest BCUT2D eigenvalue weighted by atomic mass is 32.1. The van der Waals surface area contributed by atoms with E-state index in [0.29, 0.717) is 0 Å². The molecule has 4 nitrogen and oxygen atoms in total. The van der Waals surface area contributed by atoms with E-state index in [0.717, 1.165) is 34.5 Å². The summed E-state index contributed by atoms with van der Waals surface area (Å²) >= 11 is 1.79. The number of unbranched alkanes of at least 4 members (excludes halogenated alkanes) is 1. The van der Waals surface area contributed by atoms with Crippen LogP contribution < -0.4 is 5.32 Å². The Kier molecular flexibility index (Phi) is 5.15. The van der Waals surface area contributed by atoms with Crippen LogP contribution in [0.4, 0.5) is 5.82 Å². The Morgan fingerprint density at radius 3 is 2.69 bits per heavy atom. The maximum Gasteiger partial charge on any atom is 0.140 e. The van der Waals surface area contributed by atoms with E-state index in [2.05, 4.69) is 46.5 Å². The molecule has 0 unspecified atom stereocenters. The van der Waals surface area contributed by atoms with E-state index < -0.39 is 0 Å². The van der Waals surface area contributed by atoms with Crippen LogP contribution in [-0.2, 0) is 25.8 Å². The van der Waals surface area contributed by atoms with E-state index >= 15 is 0 Å². The monoisotopic (exact) mass is 402 g/mol. The summed E-state index contributed by atoms with van der Waals surface area (Å²) in [5.41, 5.74) is 6.71. The maximum atomic E-state index is 5.22. The fourth-order valence-electron chi connectivity index (χ4n) is 4.37. The molecule has 148 valence electrons. The lowest BCUT2D eigenvalue weighted by molar-refractivity contribution is 0.670. The minimum atomic E-state index is 0.748. The standard InChI is InChI=1S/C24H26N4S/c1-2-3-13-19-17-11-7-8-12-18(17)22-21(28-19)20-23(26-15-27-24(20)29-22)25-14-16-9-5-4-6-10-16/h4-6,9-10,15H,2-3,7-8,11-14H2,1H3,(H,25,26,27). The van der Waals surface area contributed by atoms with Gasteiger partial charge in [0.15, 0.2) is 0 Å². The first-order valence-corrected chi connectivity index (χ1v) is 11.5. The Morgan fingerprint density at radius 1 is 1.03 bits per heavy atom. The molecule has 5 heteroatoms. The first kappa shape index (κ1) is 18.5. The van der Waals surface area contributed by atoms with Gasteiger partial charge in [0.05, 0.1) is 15.6 Å². The van der Waals surface area contributed by atoms with Gasteiger partial charge < -0.3 is 5.32 Å². The van der Waals surface area contributed by atoms with Crippen molar-refractivity contribution in [2.45, 2.75) is 58.4 Å². The molecule has 1 aliphatic rings. The zero-order valence-corrected chi connectivity index (χ0v) is 17.7. The van der Waals surface area contributed by atoms with Crippen molar-refractivity contribution in [3.63, 3.8) is 0 Å². The van der Waals surface area contributed by atoms with Crippen LogP contribution in [0.1, 0.15) is 55.0 Å². The van der Waals surface area contributed by atoms with Crippen molar-refractivity contribution in [2.24, 2.45) is 0 Å². The van der Waals surface area contributed by atoms with Gasteiger partial charge in [0.25, 0.3) is 0 Å². The van der Waals surface area contributed by atoms with Crippen molar-refractivity contribution < 1.29 is 0 Å². The fourth-order valence-corrected chi connectivity index (χ4v) is 5.55. The number of nitrogens with one attached hydrogen (secondary N) is 1. The number of hydrogen-bond acceptors (Lipinski definition) is 5. The summed E-state index contributed by atoms with van der Waals surface area (Å²) in [6.07, 6.45) is 10.1. The molecule has 29 heavy (non-hydrogen) atoms. The van der Waals surface area contributed by atoms with Gasteiger partial charge in [-0.15, -0.1) is 11.3 Å². The predicted molar refractivity (Wildman–Crippen MR) is 122 cm³/mol. The molecule has 0 spiro atoms. The van der Waals surface area contributed by atoms with Crippen LogP contribution >= 0.6 is 11.3 Å². The van der Waals surface area contributed by atoms with E-state index in [4.69, 9.17) is 4.98 Å². The van der Waals surface area contributed by atoms with Gasteiger partial charge in [-0.2, -0.15) is 0 Å². The number of hydrogen-bond donors (Lipinski definition) is 1. The van der Waals surface area contributed by atoms with Crippen molar-refractivity contribution >= 4 is 37.6 Å². The topological polar surface area (TPSA) is 50.7 Å². The third-order valence-electron chi connectivity index (χ3n) is 5.87. The number of fused-ring (bicyclic) bond motifs is 5. The molecule has 0 radical (unpaired) electrons. The molecule has 0 aliphatic heterocycles. The number of benzene rings is 1. The number of aromatic nitrogens is 3. The Bertz CT molecular complexity index is 1150. The number of rotatable bonds is 6. The summed E-state index contributed by atoms with van der Waals surface area (Å²) in [5, 5.41) is 4.63. The molecule has 0 fully saturated rings. The SMILES string of the molecule is CCCCc1nc2c(sc3ncnc(NCc4ccccc4)c32)c2c1CCCC2. The molecule has 4 aromatic rings. The highest BCUT2D eigenvalue weighted by Gasteiger charge is 2.22. The van der Waals surface area contributed by atoms with E-state index in [9.17, 15) is 0 Å². The van der Waals surface area contributed by atoms with Crippen molar-refractivity contribution in [1.82, 2.24) is 15.0 Å². The van der Waals surface area contributed by atoms with Crippen LogP contribution in [0.2, 0.25) is 0 Å². The van der Waals surface area contributed by atoms with Crippen LogP contribution in [0.15, 0.2) is 36.7 Å². The zero-order valence-electron chi connectivity index (χ0n) is 16.9. The summed E-state index contributed by atoms with van der Waals surface area (Å²) in [7, 11) is 0. The Balaban J connectivity index is 1.64. The second kappa shape index (κ2) is 8.07. The number of anilines is 1. The molecule has 0 atom stereocenters. The van der Waals surface area contributed by atoms with Crippen molar-refractivity contribution in [1.29, 1.82) is 0 Å². The lowest BCUT2D eigenvalue weighted by atomic mass is 9.89. The van der Waals surface area contributed by atoms with Gasteiger partial charge in [-0.3, -0.25) is 4.98 Å². The Hall–Kier alpha value is -2.53. The number of pyridine rings is 1. The van der Waals surface area contributed by atoms with Gasteiger partial charge in [-0.1, -0.05) is 43.7 Å². The zero-order chi connectivity index (χ0) is 19.6. The van der Waals surface area contributed by atoms with Crippen molar-refractivity contribution in [2.75, 3.05) is 5.32 Å². The van der Waals surface area contributed by atoms with Crippen LogP contribution in [0.5, 0.6) is 0 Å². The number of aryl methyl sites for hydroxylation is 2. The van der Waals surface area contributed by atoms with Crippen molar-refractivity contribution in [3.8, 4) is 0 Å². The number of thiophene rings is 1. The summed E-state index contributed by atoms with van der Waals surface area (Å²) in [6, 6.07) is 10.5. The summed E-state index contributed by atoms with van der Waals surface area (Å²) < 4.78 is 1.33. The minimum absolute atomic E-state index is 0.748. The van der Waals surface area contributed by atoms with E-state index in [1.807, 2.05) is 6.07 Å². The summed E-state index contributed by atoms with van der Waals surface area (Å²) in [4.78, 5) is 15.5. The van der Waals surface area contributed by atoms with Gasteiger partial charge in [0.2, 0.25) is 0 Å². The second-order valence-corrected chi connectivity index (χ2v) is 8.85. The molecule has 0 saturated carbocycles. The smallest absolute Gasteiger partial charge is 0.140 e. The average molecular weight is 403 g/mol. The summed E-state index contributed by atoms with van der Waals surface area (Å²) in [6.45, 7) is 3.00. The van der Waals surface area contributed by atoms with E-state index in [1.165, 1.54) is 65.6 Å². The lowest BCUT2D eigenvalue weighted by Crippen LogP contribution is -2.09. The molecular weight excluding hydrogens is 376 g/mol. The predicted octanol–water partition coefficient (Wildman–Crippen LogP) is 6.07. The average Bonchev–Trinajstić information content (AvgIpc) is 3.16. The summed E-state index contributed by atoms with van der Waals surface area (Å²) in [5.74, 6) is 0.898. The third kappa shape index (κ3) is 3.48. The first-order chi connectivity index (χ1) is 14.3. The highest BCUT2D eigenvalue weighted by Crippen LogP contribution is 2.41. The second-order valence-electron chi connectivity index (χ2n) is 7.85. The molecule has 5 rings (SSSR count). The highest BCUT2D eigenvalue weighted by molar-refractivity contribution is 7.25. The molecule has 1 aliphatic carbocycles. The first-order valence-electron chi connectivity index (χ1n) is 10.7. The van der Waals surface area contributed by atoms with Crippen LogP contribution in [0, 0.1) is 0 Å². The molecule has 1 N–H and O–H groups in total. The molecule has 0 saturated heterocycles. The Morgan fingerprint density at radius 2 is 1.86 bits per heavy atom. The van der Waals surface area contributed by atoms with Gasteiger partial charge >= 0.3 is 0 Å². The molecule has 3 aromatic heterocycles. The third-order valence-corrected chi connectivity index (χ3v) is 7.02. The minimum Gasteiger partial charge on any atom is -0.365 e. The van der Waals surface area contributed by atoms with Gasteiger partial charge in [-0.25, -0.2) is 9.97 Å². The van der Waals surface area contributed by atoms with Crippen LogP contribution in [-0.4, -0.2) is 15.0 Å². The van der Waals surface area contributed by atoms with Crippen LogP contribution in [0.3, 0.4) is 0 Å². The molecule has 1 aromatic carbocycles. The molecule has 0 bridgehead atoms. The largest absolute Gasteiger partial charge is 0.365 e.